The van der Waals surface area contributed by atoms with Crippen molar-refractivity contribution in [3.8, 4) is 11.5 Å². The molecule has 0 saturated carbocycles. The number of benzene rings is 2. The Morgan fingerprint density at radius 1 is 1.24 bits per heavy atom. The summed E-state index contributed by atoms with van der Waals surface area (Å²) in [5.74, 6) is 0.0625. The van der Waals surface area contributed by atoms with Crippen molar-refractivity contribution in [1.29, 1.82) is 0 Å². The maximum absolute atomic E-state index is 11.9. The molecule has 0 unspecified atom stereocenters. The van der Waals surface area contributed by atoms with Crippen LogP contribution in [0.4, 0.5) is 11.4 Å². The number of methoxy groups -OCH3 is 1. The van der Waals surface area contributed by atoms with Crippen LogP contribution in [0.25, 0.3) is 0 Å². The van der Waals surface area contributed by atoms with E-state index in [-0.39, 0.29) is 5.56 Å². The summed E-state index contributed by atoms with van der Waals surface area (Å²) in [6.07, 6.45) is 1.34. The van der Waals surface area contributed by atoms with Crippen molar-refractivity contribution in [3.05, 3.63) is 57.6 Å². The van der Waals surface area contributed by atoms with Crippen LogP contribution < -0.4 is 9.84 Å². The van der Waals surface area contributed by atoms with Gasteiger partial charge in [0.15, 0.2) is 0 Å². The molecular formula is C15H13N2O4-. The predicted octanol–water partition coefficient (Wildman–Crippen LogP) is 2.74. The molecule has 0 aromatic heterocycles. The number of aryl methyl sites for hydroxylation is 1. The monoisotopic (exact) mass is 285 g/mol. The zero-order valence-electron chi connectivity index (χ0n) is 11.6. The van der Waals surface area contributed by atoms with Gasteiger partial charge in [-0.25, -0.2) is 0 Å². The van der Waals surface area contributed by atoms with Crippen molar-refractivity contribution in [3.63, 3.8) is 0 Å². The van der Waals surface area contributed by atoms with E-state index in [2.05, 4.69) is 4.99 Å². The Morgan fingerprint density at radius 3 is 2.48 bits per heavy atom. The summed E-state index contributed by atoms with van der Waals surface area (Å²) in [7, 11) is 1.56. The summed E-state index contributed by atoms with van der Waals surface area (Å²) in [6.45, 7) is 1.69. The first-order valence-corrected chi connectivity index (χ1v) is 6.15. The summed E-state index contributed by atoms with van der Waals surface area (Å²) in [4.78, 5) is 14.3. The molecule has 0 aliphatic carbocycles. The second-order valence-electron chi connectivity index (χ2n) is 4.42. The van der Waals surface area contributed by atoms with Crippen molar-refractivity contribution in [2.75, 3.05) is 7.11 Å². The summed E-state index contributed by atoms with van der Waals surface area (Å²) >= 11 is 0. The zero-order valence-corrected chi connectivity index (χ0v) is 11.6. The number of hydrogen-bond donors (Lipinski definition) is 0. The van der Waals surface area contributed by atoms with E-state index in [9.17, 15) is 15.2 Å². The van der Waals surface area contributed by atoms with Crippen molar-refractivity contribution >= 4 is 17.6 Å². The minimum Gasteiger partial charge on any atom is -0.867 e. The van der Waals surface area contributed by atoms with Crippen molar-refractivity contribution in [1.82, 2.24) is 0 Å². The first-order valence-electron chi connectivity index (χ1n) is 6.15. The Bertz CT molecular complexity index is 694. The zero-order chi connectivity index (χ0) is 15.4. The number of aliphatic imine (C=N–C) groups is 1. The van der Waals surface area contributed by atoms with Crippen LogP contribution in [0.1, 0.15) is 11.1 Å². The third-order valence-electron chi connectivity index (χ3n) is 2.86. The molecule has 0 radical (unpaired) electrons. The summed E-state index contributed by atoms with van der Waals surface area (Å²) in [5.41, 5.74) is 1.01. The van der Waals surface area contributed by atoms with E-state index in [0.29, 0.717) is 17.0 Å². The van der Waals surface area contributed by atoms with Crippen molar-refractivity contribution in [2.24, 2.45) is 4.99 Å². The van der Waals surface area contributed by atoms with Crippen molar-refractivity contribution < 1.29 is 14.8 Å². The molecule has 0 heterocycles. The number of nitrogens with zero attached hydrogens (tertiary/aromatic N) is 2. The van der Waals surface area contributed by atoms with Crippen LogP contribution in [-0.2, 0) is 0 Å². The molecule has 0 atom stereocenters. The first-order chi connectivity index (χ1) is 10.0. The molecule has 0 saturated heterocycles. The van der Waals surface area contributed by atoms with Gasteiger partial charge in [-0.2, -0.15) is 0 Å². The fourth-order valence-corrected chi connectivity index (χ4v) is 1.83. The molecule has 0 N–H and O–H groups in total. The Hall–Kier alpha value is -2.89. The van der Waals surface area contributed by atoms with Gasteiger partial charge in [0.2, 0.25) is 0 Å². The number of rotatable bonds is 4. The van der Waals surface area contributed by atoms with Gasteiger partial charge in [0, 0.05) is 12.3 Å². The van der Waals surface area contributed by atoms with Gasteiger partial charge in [0.05, 0.1) is 17.7 Å². The Labute approximate surface area is 121 Å². The molecule has 21 heavy (non-hydrogen) atoms. The van der Waals surface area contributed by atoms with E-state index in [1.165, 1.54) is 12.3 Å². The fraction of sp³-hybridized carbons (Fsp3) is 0.133. The highest BCUT2D eigenvalue weighted by Gasteiger charge is 2.10. The molecule has 0 aliphatic rings. The van der Waals surface area contributed by atoms with Gasteiger partial charge in [-0.15, -0.1) is 0 Å². The molecule has 2 aromatic rings. The predicted molar refractivity (Wildman–Crippen MR) is 77.5 cm³/mol. The molecule has 0 aliphatic heterocycles. The highest BCUT2D eigenvalue weighted by Crippen LogP contribution is 2.28. The van der Waals surface area contributed by atoms with Crippen molar-refractivity contribution in [2.45, 2.75) is 6.92 Å². The van der Waals surface area contributed by atoms with E-state index >= 15 is 0 Å². The molecule has 0 amide bonds. The molecule has 6 heteroatoms. The Kier molecular flexibility index (Phi) is 4.18. The highest BCUT2D eigenvalue weighted by molar-refractivity contribution is 5.87. The molecule has 0 fully saturated rings. The van der Waals surface area contributed by atoms with Gasteiger partial charge in [0.1, 0.15) is 5.75 Å². The molecule has 0 bridgehead atoms. The van der Waals surface area contributed by atoms with Crippen LogP contribution in [-0.4, -0.2) is 18.2 Å². The minimum atomic E-state index is -0.681. The molecular weight excluding hydrogens is 272 g/mol. The van der Waals surface area contributed by atoms with Gasteiger partial charge in [-0.1, -0.05) is 6.07 Å². The van der Waals surface area contributed by atoms with Gasteiger partial charge in [0.25, 0.3) is 5.69 Å². The van der Waals surface area contributed by atoms with E-state index in [0.717, 1.165) is 0 Å². The number of hydrogen-bond acceptors (Lipinski definition) is 5. The molecule has 108 valence electrons. The average Bonchev–Trinajstić information content (AvgIpc) is 2.48. The fourth-order valence-electron chi connectivity index (χ4n) is 1.83. The van der Waals surface area contributed by atoms with Gasteiger partial charge < -0.3 is 9.84 Å². The molecule has 2 aromatic carbocycles. The second kappa shape index (κ2) is 6.04. The van der Waals surface area contributed by atoms with Gasteiger partial charge in [-0.05, 0) is 48.1 Å². The summed E-state index contributed by atoms with van der Waals surface area (Å²) in [5, 5.41) is 22.7. The number of nitro benzene ring substituents is 1. The lowest BCUT2D eigenvalue weighted by Crippen LogP contribution is -2.02. The SMILES string of the molecule is COc1ccc(N=Cc2cc(C)cc([N+](=O)[O-])c2[O-])cc1. The van der Waals surface area contributed by atoms with Crippen LogP contribution >= 0.6 is 0 Å². The van der Waals surface area contributed by atoms with E-state index in [1.807, 2.05) is 0 Å². The smallest absolute Gasteiger partial charge is 0.262 e. The highest BCUT2D eigenvalue weighted by atomic mass is 16.6. The van der Waals surface area contributed by atoms with Crippen LogP contribution in [0.5, 0.6) is 11.5 Å². The minimum absolute atomic E-state index is 0.192. The molecule has 0 spiro atoms. The Morgan fingerprint density at radius 2 is 1.90 bits per heavy atom. The topological polar surface area (TPSA) is 87.8 Å². The average molecular weight is 285 g/mol. The quantitative estimate of drug-likeness (QED) is 0.491. The second-order valence-corrected chi connectivity index (χ2v) is 4.42. The lowest BCUT2D eigenvalue weighted by molar-refractivity contribution is -0.398. The Balaban J connectivity index is 2.33. The van der Waals surface area contributed by atoms with Gasteiger partial charge in [-0.3, -0.25) is 15.1 Å². The molecule has 2 rings (SSSR count). The van der Waals surface area contributed by atoms with Crippen LogP contribution in [0.15, 0.2) is 41.4 Å². The third-order valence-corrected chi connectivity index (χ3v) is 2.86. The summed E-state index contributed by atoms with van der Waals surface area (Å²) < 4.78 is 5.03. The normalized spacial score (nSPS) is 10.8. The number of nitro groups is 1. The number of ether oxygens (including phenoxy) is 1. The molecule has 6 nitrogen and oxygen atoms in total. The third kappa shape index (κ3) is 3.36. The van der Waals surface area contributed by atoms with Crippen LogP contribution in [0.2, 0.25) is 0 Å². The van der Waals surface area contributed by atoms with Crippen LogP contribution in [0.3, 0.4) is 0 Å². The van der Waals surface area contributed by atoms with Crippen LogP contribution in [0, 0.1) is 17.0 Å². The first kappa shape index (κ1) is 14.5. The van der Waals surface area contributed by atoms with E-state index in [1.54, 1.807) is 44.4 Å². The summed E-state index contributed by atoms with van der Waals surface area (Å²) in [6, 6.07) is 9.76. The van der Waals surface area contributed by atoms with Gasteiger partial charge >= 0.3 is 0 Å². The standard InChI is InChI=1S/C15H14N2O4/c1-10-7-11(15(18)14(8-10)17(19)20)9-16-12-3-5-13(21-2)6-4-12/h3-9,18H,1-2H3/p-1. The maximum Gasteiger partial charge on any atom is 0.262 e. The van der Waals surface area contributed by atoms with E-state index in [4.69, 9.17) is 4.74 Å². The largest absolute Gasteiger partial charge is 0.867 e. The lowest BCUT2D eigenvalue weighted by Gasteiger charge is -2.11. The maximum atomic E-state index is 11.9. The lowest BCUT2D eigenvalue weighted by atomic mass is 10.1. The van der Waals surface area contributed by atoms with E-state index < -0.39 is 16.4 Å².